The van der Waals surface area contributed by atoms with Crippen LogP contribution in [0.2, 0.25) is 0 Å². The number of rotatable bonds is 1. The van der Waals surface area contributed by atoms with Crippen LogP contribution in [0.25, 0.3) is 0 Å². The second-order valence-electron chi connectivity index (χ2n) is 11.6. The van der Waals surface area contributed by atoms with Crippen molar-refractivity contribution in [2.24, 2.45) is 34.5 Å². The number of ether oxygens (including phenoxy) is 2. The Labute approximate surface area is 185 Å². The zero-order valence-electron chi connectivity index (χ0n) is 19.8. The second-order valence-corrected chi connectivity index (χ2v) is 11.6. The first kappa shape index (κ1) is 22.3. The van der Waals surface area contributed by atoms with Gasteiger partial charge in [0, 0.05) is 30.2 Å². The Hall–Kier alpha value is -1.85. The van der Waals surface area contributed by atoms with E-state index in [0.29, 0.717) is 24.8 Å². The number of amides is 1. The minimum Gasteiger partial charge on any atom is -0.469 e. The van der Waals surface area contributed by atoms with E-state index in [2.05, 4.69) is 13.8 Å². The van der Waals surface area contributed by atoms with Crippen LogP contribution in [0.3, 0.4) is 0 Å². The molecule has 0 aromatic heterocycles. The Morgan fingerprint density at radius 1 is 1.10 bits per heavy atom. The summed E-state index contributed by atoms with van der Waals surface area (Å²) in [5, 5.41) is 0. The highest BCUT2D eigenvalue weighted by molar-refractivity contribution is 5.92. The molecule has 0 bridgehead atoms. The molecule has 1 saturated heterocycles. The number of esters is 1. The number of ketones is 1. The van der Waals surface area contributed by atoms with E-state index >= 15 is 0 Å². The predicted octanol–water partition coefficient (Wildman–Crippen LogP) is 4.72. The lowest BCUT2D eigenvalue weighted by atomic mass is 9.49. The molecule has 0 spiro atoms. The van der Waals surface area contributed by atoms with Crippen molar-refractivity contribution in [2.75, 3.05) is 13.7 Å². The average molecular weight is 432 g/mol. The minimum absolute atomic E-state index is 0.0731. The van der Waals surface area contributed by atoms with E-state index in [9.17, 15) is 14.4 Å². The van der Waals surface area contributed by atoms with Crippen molar-refractivity contribution >= 4 is 17.8 Å². The van der Waals surface area contributed by atoms with Crippen molar-refractivity contribution in [2.45, 2.75) is 78.7 Å². The van der Waals surface area contributed by atoms with E-state index in [1.807, 2.05) is 20.8 Å². The summed E-state index contributed by atoms with van der Waals surface area (Å²) in [4.78, 5) is 39.9. The normalized spacial score (nSPS) is 39.7. The van der Waals surface area contributed by atoms with Crippen molar-refractivity contribution in [3.8, 4) is 0 Å². The molecule has 172 valence electrons. The van der Waals surface area contributed by atoms with Gasteiger partial charge in [0.15, 0.2) is 5.78 Å². The van der Waals surface area contributed by atoms with Gasteiger partial charge in [0.25, 0.3) is 0 Å². The number of likely N-dealkylation sites (tertiary alicyclic amines) is 1. The molecule has 1 amide bonds. The van der Waals surface area contributed by atoms with Gasteiger partial charge in [0.2, 0.25) is 0 Å². The van der Waals surface area contributed by atoms with Gasteiger partial charge >= 0.3 is 12.1 Å². The molecule has 3 aliphatic carbocycles. The molecule has 0 aromatic carbocycles. The highest BCUT2D eigenvalue weighted by atomic mass is 16.6. The quantitative estimate of drug-likeness (QED) is 0.562. The lowest BCUT2D eigenvalue weighted by molar-refractivity contribution is -0.153. The number of methoxy groups -OCH3 is 1. The number of fused-ring (bicyclic) bond motifs is 5. The molecule has 0 aromatic rings. The molecule has 3 fully saturated rings. The lowest BCUT2D eigenvalue weighted by Gasteiger charge is -2.59. The van der Waals surface area contributed by atoms with Crippen molar-refractivity contribution in [3.05, 3.63) is 11.8 Å². The summed E-state index contributed by atoms with van der Waals surface area (Å²) in [5.41, 5.74) is -0.0899. The van der Waals surface area contributed by atoms with Crippen molar-refractivity contribution < 1.29 is 23.9 Å². The summed E-state index contributed by atoms with van der Waals surface area (Å²) < 4.78 is 10.9. The molecule has 4 aliphatic rings. The molecular weight excluding hydrogens is 394 g/mol. The van der Waals surface area contributed by atoms with E-state index in [1.54, 1.807) is 11.0 Å². The summed E-state index contributed by atoms with van der Waals surface area (Å²) >= 11 is 0. The maximum absolute atomic E-state index is 13.3. The molecule has 0 radical (unpaired) electrons. The number of allylic oxidation sites excluding steroid dienone is 2. The number of piperidine rings is 1. The molecular formula is C25H37NO5. The first-order valence-corrected chi connectivity index (χ1v) is 11.7. The van der Waals surface area contributed by atoms with Crippen LogP contribution in [-0.2, 0) is 19.1 Å². The molecule has 6 atom stereocenters. The van der Waals surface area contributed by atoms with Gasteiger partial charge < -0.3 is 9.47 Å². The third-order valence-electron chi connectivity index (χ3n) is 8.81. The number of hydrogen-bond donors (Lipinski definition) is 0. The SMILES string of the molecule is COC(=O)C1CC[C@H]2[C@@H]3CN(C(=O)OC(C)(C)C)C4=CC(=O)CC[C@]4(C)[C@@H]3CC[C@]12C. The Balaban J connectivity index is 1.72. The molecule has 0 N–H and O–H groups in total. The number of hydrogen-bond acceptors (Lipinski definition) is 5. The highest BCUT2D eigenvalue weighted by Crippen LogP contribution is 2.65. The fourth-order valence-corrected chi connectivity index (χ4v) is 7.32. The van der Waals surface area contributed by atoms with Crippen LogP contribution >= 0.6 is 0 Å². The Morgan fingerprint density at radius 2 is 1.81 bits per heavy atom. The van der Waals surface area contributed by atoms with Gasteiger partial charge in [-0.05, 0) is 76.0 Å². The van der Waals surface area contributed by atoms with E-state index < -0.39 is 5.60 Å². The number of carbonyl (C=O) groups excluding carboxylic acids is 3. The molecule has 6 heteroatoms. The summed E-state index contributed by atoms with van der Waals surface area (Å²) in [6.45, 7) is 10.6. The zero-order valence-corrected chi connectivity index (χ0v) is 19.8. The van der Waals surface area contributed by atoms with E-state index in [-0.39, 0.29) is 40.5 Å². The van der Waals surface area contributed by atoms with Gasteiger partial charge in [-0.2, -0.15) is 0 Å². The van der Waals surface area contributed by atoms with Gasteiger partial charge in [-0.25, -0.2) is 4.79 Å². The van der Waals surface area contributed by atoms with Gasteiger partial charge in [0.1, 0.15) is 5.60 Å². The molecule has 31 heavy (non-hydrogen) atoms. The Kier molecular flexibility index (Phi) is 5.30. The maximum atomic E-state index is 13.3. The fraction of sp³-hybridized carbons (Fsp3) is 0.800. The van der Waals surface area contributed by atoms with Crippen LogP contribution < -0.4 is 0 Å². The van der Waals surface area contributed by atoms with Crippen LogP contribution in [0.5, 0.6) is 0 Å². The minimum atomic E-state index is -0.603. The summed E-state index contributed by atoms with van der Waals surface area (Å²) in [5.74, 6) is 0.966. The van der Waals surface area contributed by atoms with Gasteiger partial charge in [-0.15, -0.1) is 0 Å². The Morgan fingerprint density at radius 3 is 2.45 bits per heavy atom. The van der Waals surface area contributed by atoms with Crippen LogP contribution in [0.4, 0.5) is 4.79 Å². The highest BCUT2D eigenvalue weighted by Gasteiger charge is 2.62. The van der Waals surface area contributed by atoms with Crippen LogP contribution in [0, 0.1) is 34.5 Å². The maximum Gasteiger partial charge on any atom is 0.414 e. The monoisotopic (exact) mass is 431 g/mol. The first-order chi connectivity index (χ1) is 14.4. The number of carbonyl (C=O) groups is 3. The molecule has 6 nitrogen and oxygen atoms in total. The van der Waals surface area contributed by atoms with Crippen molar-refractivity contribution in [1.29, 1.82) is 0 Å². The summed E-state index contributed by atoms with van der Waals surface area (Å²) in [6, 6.07) is 0. The average Bonchev–Trinajstić information content (AvgIpc) is 3.03. The van der Waals surface area contributed by atoms with Gasteiger partial charge in [0.05, 0.1) is 13.0 Å². The second kappa shape index (κ2) is 7.35. The molecule has 1 unspecified atom stereocenters. The van der Waals surface area contributed by atoms with Gasteiger partial charge in [-0.3, -0.25) is 14.5 Å². The van der Waals surface area contributed by atoms with Crippen LogP contribution in [0.1, 0.15) is 73.1 Å². The number of nitrogens with zero attached hydrogens (tertiary/aromatic N) is 1. The standard InChI is InChI=1S/C25H37NO5/c1-23(2,3)31-22(29)26-14-16-17-7-8-19(21(28)30-6)24(17,4)12-10-18(16)25(5)11-9-15(27)13-20(25)26/h13,16-19H,7-12,14H2,1-6H3/t16-,17-,18+,19?,24-,25+/m0/s1. The molecule has 4 rings (SSSR count). The third kappa shape index (κ3) is 3.50. The van der Waals surface area contributed by atoms with E-state index in [4.69, 9.17) is 9.47 Å². The van der Waals surface area contributed by atoms with E-state index in [1.165, 1.54) is 7.11 Å². The smallest absolute Gasteiger partial charge is 0.414 e. The van der Waals surface area contributed by atoms with Crippen LogP contribution in [-0.4, -0.2) is 42.0 Å². The van der Waals surface area contributed by atoms with Gasteiger partial charge in [-0.1, -0.05) is 13.8 Å². The van der Waals surface area contributed by atoms with E-state index in [0.717, 1.165) is 37.8 Å². The molecule has 1 aliphatic heterocycles. The lowest BCUT2D eigenvalue weighted by Crippen LogP contribution is -2.59. The third-order valence-corrected chi connectivity index (χ3v) is 8.81. The fourth-order valence-electron chi connectivity index (χ4n) is 7.32. The van der Waals surface area contributed by atoms with Crippen LogP contribution in [0.15, 0.2) is 11.8 Å². The summed E-state index contributed by atoms with van der Waals surface area (Å²) in [6.07, 6.45) is 6.45. The topological polar surface area (TPSA) is 72.9 Å². The summed E-state index contributed by atoms with van der Waals surface area (Å²) in [7, 11) is 1.48. The predicted molar refractivity (Wildman–Crippen MR) is 116 cm³/mol. The first-order valence-electron chi connectivity index (χ1n) is 11.7. The Bertz CT molecular complexity index is 826. The largest absolute Gasteiger partial charge is 0.469 e. The zero-order chi connectivity index (χ0) is 22.8. The van der Waals surface area contributed by atoms with Crippen molar-refractivity contribution in [3.63, 3.8) is 0 Å². The molecule has 2 saturated carbocycles. The molecule has 1 heterocycles. The van der Waals surface area contributed by atoms with Crippen molar-refractivity contribution in [1.82, 2.24) is 4.90 Å².